The Morgan fingerprint density at radius 2 is 1.90 bits per heavy atom. The fourth-order valence-corrected chi connectivity index (χ4v) is 2.74. The number of halogens is 5. The minimum Gasteiger partial charge on any atom is -0.484 e. The molecule has 1 aromatic carbocycles. The van der Waals surface area contributed by atoms with Gasteiger partial charge in [-0.15, -0.1) is 10.2 Å². The maximum Gasteiger partial charge on any atom is 0.431 e. The zero-order chi connectivity index (χ0) is 22.2. The number of aryl methyl sites for hydroxylation is 1. The van der Waals surface area contributed by atoms with Gasteiger partial charge in [0, 0.05) is 19.2 Å². The molecule has 0 N–H and O–H groups in total. The first-order valence-corrected chi connectivity index (χ1v) is 8.70. The SMILES string of the molecule is CCn1nnc(COc2cc(-n3c(=O)cc(C(F)(F)F)n(C)c3=O)c(F)cc2Cl)n1. The largest absolute Gasteiger partial charge is 0.484 e. The minimum absolute atomic E-state index is 0.144. The monoisotopic (exact) mass is 448 g/mol. The zero-order valence-electron chi connectivity index (χ0n) is 15.4. The van der Waals surface area contributed by atoms with Crippen LogP contribution in [-0.2, 0) is 26.4 Å². The second-order valence-electron chi connectivity index (χ2n) is 5.96. The third-order valence-corrected chi connectivity index (χ3v) is 4.28. The van der Waals surface area contributed by atoms with E-state index >= 15 is 0 Å². The van der Waals surface area contributed by atoms with E-state index in [-0.39, 0.29) is 38.4 Å². The summed E-state index contributed by atoms with van der Waals surface area (Å²) in [5.41, 5.74) is -4.86. The highest BCUT2D eigenvalue weighted by Crippen LogP contribution is 2.30. The molecule has 3 aromatic rings. The van der Waals surface area contributed by atoms with E-state index in [9.17, 15) is 27.2 Å². The summed E-state index contributed by atoms with van der Waals surface area (Å²) < 4.78 is 59.3. The lowest BCUT2D eigenvalue weighted by molar-refractivity contribution is -0.144. The molecule has 0 saturated carbocycles. The Balaban J connectivity index is 2.05. The summed E-state index contributed by atoms with van der Waals surface area (Å²) in [6.45, 7) is 2.04. The van der Waals surface area contributed by atoms with Crippen LogP contribution in [0.15, 0.2) is 27.8 Å². The molecule has 14 heteroatoms. The van der Waals surface area contributed by atoms with E-state index in [1.165, 1.54) is 4.80 Å². The van der Waals surface area contributed by atoms with Crippen molar-refractivity contribution in [3.05, 3.63) is 61.4 Å². The Kier molecular flexibility index (Phi) is 5.65. The maximum absolute atomic E-state index is 14.4. The Hall–Kier alpha value is -3.22. The number of hydrogen-bond acceptors (Lipinski definition) is 6. The van der Waals surface area contributed by atoms with Gasteiger partial charge in [-0.05, 0) is 18.2 Å². The molecular weight excluding hydrogens is 436 g/mol. The summed E-state index contributed by atoms with van der Waals surface area (Å²) in [6, 6.07) is 1.90. The Bertz CT molecular complexity index is 1220. The van der Waals surface area contributed by atoms with Crippen molar-refractivity contribution >= 4 is 11.6 Å². The lowest BCUT2D eigenvalue weighted by Gasteiger charge is -2.15. The molecule has 0 aliphatic rings. The van der Waals surface area contributed by atoms with Crippen LogP contribution in [0, 0.1) is 5.82 Å². The second-order valence-corrected chi connectivity index (χ2v) is 6.37. The van der Waals surface area contributed by atoms with Gasteiger partial charge in [0.05, 0.1) is 17.3 Å². The van der Waals surface area contributed by atoms with Gasteiger partial charge in [-0.3, -0.25) is 9.36 Å². The number of rotatable bonds is 5. The highest BCUT2D eigenvalue weighted by atomic mass is 35.5. The third kappa shape index (κ3) is 4.06. The second kappa shape index (κ2) is 7.89. The number of hydrogen-bond donors (Lipinski definition) is 0. The summed E-state index contributed by atoms with van der Waals surface area (Å²) in [7, 11) is 0.815. The molecule has 0 saturated heterocycles. The van der Waals surface area contributed by atoms with Gasteiger partial charge in [-0.25, -0.2) is 13.8 Å². The van der Waals surface area contributed by atoms with Crippen LogP contribution >= 0.6 is 11.6 Å². The quantitative estimate of drug-likeness (QED) is 0.553. The standard InChI is InChI=1S/C16H13ClF4N6O3/c1-3-26-23-13(22-24-26)7-30-11-5-10(9(18)4-8(11)17)27-14(28)6-12(16(19,20)21)25(2)15(27)29/h4-6H,3,7H2,1-2H3. The molecule has 2 heterocycles. The summed E-state index contributed by atoms with van der Waals surface area (Å²) in [5, 5.41) is 11.2. The smallest absolute Gasteiger partial charge is 0.431 e. The Morgan fingerprint density at radius 3 is 2.50 bits per heavy atom. The number of nitrogens with zero attached hydrogens (tertiary/aromatic N) is 6. The first-order valence-electron chi connectivity index (χ1n) is 8.32. The van der Waals surface area contributed by atoms with Crippen LogP contribution in [-0.4, -0.2) is 29.3 Å². The van der Waals surface area contributed by atoms with Crippen molar-refractivity contribution in [1.82, 2.24) is 29.3 Å². The van der Waals surface area contributed by atoms with Crippen LogP contribution in [0.4, 0.5) is 17.6 Å². The number of alkyl halides is 3. The highest BCUT2D eigenvalue weighted by molar-refractivity contribution is 6.32. The predicted molar refractivity (Wildman–Crippen MR) is 95.1 cm³/mol. The summed E-state index contributed by atoms with van der Waals surface area (Å²) in [6.07, 6.45) is -4.94. The van der Waals surface area contributed by atoms with Crippen molar-refractivity contribution in [1.29, 1.82) is 0 Å². The molecule has 0 amide bonds. The predicted octanol–water partition coefficient (Wildman–Crippen LogP) is 1.93. The molecule has 0 unspecified atom stereocenters. The van der Waals surface area contributed by atoms with E-state index in [0.29, 0.717) is 6.54 Å². The van der Waals surface area contributed by atoms with Crippen LogP contribution in [0.25, 0.3) is 5.69 Å². The van der Waals surface area contributed by atoms with E-state index in [4.69, 9.17) is 16.3 Å². The average Bonchev–Trinajstić information content (AvgIpc) is 3.12. The number of benzene rings is 1. The molecule has 0 fully saturated rings. The highest BCUT2D eigenvalue weighted by Gasteiger charge is 2.35. The molecule has 0 aliphatic carbocycles. The fraction of sp³-hybridized carbons (Fsp3) is 0.312. The molecule has 3 rings (SSSR count). The first kappa shape index (κ1) is 21.5. The Labute approximate surface area is 170 Å². The molecule has 0 aliphatic heterocycles. The van der Waals surface area contributed by atoms with E-state index in [2.05, 4.69) is 15.4 Å². The van der Waals surface area contributed by atoms with E-state index < -0.39 is 34.6 Å². The van der Waals surface area contributed by atoms with Crippen molar-refractivity contribution in [2.75, 3.05) is 0 Å². The molecule has 0 atom stereocenters. The molecule has 2 aromatic heterocycles. The normalized spacial score (nSPS) is 11.7. The fourth-order valence-electron chi connectivity index (χ4n) is 2.53. The van der Waals surface area contributed by atoms with Gasteiger partial charge in [-0.2, -0.15) is 18.0 Å². The lowest BCUT2D eigenvalue weighted by atomic mass is 10.2. The van der Waals surface area contributed by atoms with Crippen LogP contribution in [0.5, 0.6) is 5.75 Å². The van der Waals surface area contributed by atoms with Crippen molar-refractivity contribution in [2.24, 2.45) is 7.05 Å². The van der Waals surface area contributed by atoms with Crippen molar-refractivity contribution in [3.63, 3.8) is 0 Å². The first-order chi connectivity index (χ1) is 14.0. The van der Waals surface area contributed by atoms with E-state index in [1.807, 2.05) is 0 Å². The van der Waals surface area contributed by atoms with Gasteiger partial charge < -0.3 is 4.74 Å². The molecule has 0 radical (unpaired) electrons. The summed E-state index contributed by atoms with van der Waals surface area (Å²) in [5.74, 6) is -1.07. The van der Waals surface area contributed by atoms with Gasteiger partial charge >= 0.3 is 11.9 Å². The van der Waals surface area contributed by atoms with Gasteiger partial charge in [0.25, 0.3) is 5.56 Å². The van der Waals surface area contributed by atoms with Crippen LogP contribution in [0.2, 0.25) is 5.02 Å². The summed E-state index contributed by atoms with van der Waals surface area (Å²) in [4.78, 5) is 25.9. The Morgan fingerprint density at radius 1 is 1.20 bits per heavy atom. The molecule has 160 valence electrons. The molecular formula is C16H13ClF4N6O3. The number of tetrazole rings is 1. The van der Waals surface area contributed by atoms with Crippen molar-refractivity contribution in [3.8, 4) is 11.4 Å². The number of ether oxygens (including phenoxy) is 1. The van der Waals surface area contributed by atoms with Gasteiger partial charge in [0.2, 0.25) is 5.82 Å². The lowest BCUT2D eigenvalue weighted by Crippen LogP contribution is -2.41. The molecule has 0 spiro atoms. The third-order valence-electron chi connectivity index (χ3n) is 3.99. The van der Waals surface area contributed by atoms with Gasteiger partial charge in [0.15, 0.2) is 6.61 Å². The summed E-state index contributed by atoms with van der Waals surface area (Å²) >= 11 is 5.94. The average molecular weight is 449 g/mol. The van der Waals surface area contributed by atoms with E-state index in [0.717, 1.165) is 19.2 Å². The maximum atomic E-state index is 14.4. The van der Waals surface area contributed by atoms with Gasteiger partial charge in [-0.1, -0.05) is 11.6 Å². The van der Waals surface area contributed by atoms with Crippen LogP contribution in [0.3, 0.4) is 0 Å². The van der Waals surface area contributed by atoms with Crippen molar-refractivity contribution < 1.29 is 22.3 Å². The zero-order valence-corrected chi connectivity index (χ0v) is 16.2. The molecule has 30 heavy (non-hydrogen) atoms. The van der Waals surface area contributed by atoms with Gasteiger partial charge in [0.1, 0.15) is 17.3 Å². The molecule has 9 nitrogen and oxygen atoms in total. The topological polar surface area (TPSA) is 96.8 Å². The van der Waals surface area contributed by atoms with Crippen LogP contribution < -0.4 is 16.0 Å². The van der Waals surface area contributed by atoms with E-state index in [1.54, 1.807) is 6.92 Å². The number of aromatic nitrogens is 6. The molecule has 0 bridgehead atoms. The van der Waals surface area contributed by atoms with Crippen LogP contribution in [0.1, 0.15) is 18.4 Å². The van der Waals surface area contributed by atoms with Crippen molar-refractivity contribution in [2.45, 2.75) is 26.3 Å². The minimum atomic E-state index is -4.94.